The summed E-state index contributed by atoms with van der Waals surface area (Å²) in [5.74, 6) is 0.0485. The third-order valence-corrected chi connectivity index (χ3v) is 1.91. The van der Waals surface area contributed by atoms with Gasteiger partial charge in [-0.15, -0.1) is 0 Å². The van der Waals surface area contributed by atoms with Crippen molar-refractivity contribution in [2.45, 2.75) is 13.8 Å². The number of carbonyl (C=O) groups excluding carboxylic acids is 1. The van der Waals surface area contributed by atoms with Crippen LogP contribution in [0.2, 0.25) is 0 Å². The van der Waals surface area contributed by atoms with Gasteiger partial charge in [0.1, 0.15) is 5.52 Å². The van der Waals surface area contributed by atoms with Gasteiger partial charge in [-0.25, -0.2) is 19.9 Å². The molecule has 0 aliphatic heterocycles. The number of halogens is 1. The van der Waals surface area contributed by atoms with Crippen LogP contribution < -0.4 is 17.0 Å². The summed E-state index contributed by atoms with van der Waals surface area (Å²) in [7, 11) is 0. The number of aldehydes is 1. The Bertz CT molecular complexity index is 662. The van der Waals surface area contributed by atoms with Gasteiger partial charge < -0.3 is 17.0 Å². The Labute approximate surface area is 158 Å². The largest absolute Gasteiger partial charge is 2.00 e. The Morgan fingerprint density at radius 3 is 2.32 bits per heavy atom. The first-order valence-electron chi connectivity index (χ1n) is 6.62. The Morgan fingerprint density at radius 2 is 1.82 bits per heavy atom. The summed E-state index contributed by atoms with van der Waals surface area (Å²) >= 11 is 0. The van der Waals surface area contributed by atoms with E-state index in [4.69, 9.17) is 1.37 Å². The molecule has 0 aliphatic carbocycles. The van der Waals surface area contributed by atoms with E-state index >= 15 is 0 Å². The molecule has 0 saturated carbocycles. The standard InChI is InChI=1S/C7H4N4O.C6H5.C2H6.BrH.Mg/c12-4-6-10-3-5-7(11-6)9-2-1-8-5;1-2-4-6-5-3-1;1-2;;/h1-4H;1-5H;1-2H3;1H;/q;-1;;;+2/p-1/i2D;;;;. The van der Waals surface area contributed by atoms with Crippen LogP contribution in [0, 0.1) is 6.07 Å². The van der Waals surface area contributed by atoms with Crippen LogP contribution in [0.1, 0.15) is 25.8 Å². The monoisotopic (exact) mass is 371 g/mol. The van der Waals surface area contributed by atoms with E-state index in [1.165, 1.54) is 12.4 Å². The van der Waals surface area contributed by atoms with E-state index in [1.807, 2.05) is 44.2 Å². The molecule has 0 aliphatic rings. The first-order valence-corrected chi connectivity index (χ1v) is 6.12. The van der Waals surface area contributed by atoms with Crippen molar-refractivity contribution >= 4 is 40.5 Å². The van der Waals surface area contributed by atoms with Crippen molar-refractivity contribution in [1.82, 2.24) is 19.9 Å². The summed E-state index contributed by atoms with van der Waals surface area (Å²) < 4.78 is 7.18. The molecule has 0 atom stereocenters. The molecular formula is C15H15BrMgN4O. The first kappa shape index (κ1) is 20.6. The van der Waals surface area contributed by atoms with Crippen LogP contribution in [0.3, 0.4) is 0 Å². The Morgan fingerprint density at radius 1 is 1.14 bits per heavy atom. The summed E-state index contributed by atoms with van der Waals surface area (Å²) in [4.78, 5) is 25.5. The fourth-order valence-electron chi connectivity index (χ4n) is 1.14. The molecule has 0 bridgehead atoms. The summed E-state index contributed by atoms with van der Waals surface area (Å²) in [6.07, 6.45) is 3.24. The molecule has 7 heteroatoms. The van der Waals surface area contributed by atoms with Gasteiger partial charge in [-0.3, -0.25) is 4.79 Å². The van der Waals surface area contributed by atoms with E-state index in [-0.39, 0.29) is 57.7 Å². The second-order valence-electron chi connectivity index (χ2n) is 3.13. The predicted octanol–water partition coefficient (Wildman–Crippen LogP) is -0.632. The zero-order valence-electron chi connectivity index (χ0n) is 13.4. The van der Waals surface area contributed by atoms with Gasteiger partial charge in [0.25, 0.3) is 0 Å². The number of hydrogen-bond donors (Lipinski definition) is 0. The minimum absolute atomic E-state index is 0. The van der Waals surface area contributed by atoms with E-state index in [2.05, 4.69) is 26.0 Å². The molecule has 22 heavy (non-hydrogen) atoms. The topological polar surface area (TPSA) is 68.6 Å². The number of nitrogens with zero attached hydrogens (tertiary/aromatic N) is 4. The summed E-state index contributed by atoms with van der Waals surface area (Å²) in [5.41, 5.74) is 0.742. The maximum absolute atomic E-state index is 10.3. The molecule has 2 heterocycles. The van der Waals surface area contributed by atoms with E-state index in [1.54, 1.807) is 0 Å². The summed E-state index contributed by atoms with van der Waals surface area (Å²) in [5, 5.41) is 0. The van der Waals surface area contributed by atoms with Crippen LogP contribution in [-0.2, 0) is 0 Å². The van der Waals surface area contributed by atoms with Crippen molar-refractivity contribution in [2.24, 2.45) is 0 Å². The predicted molar refractivity (Wildman–Crippen MR) is 82.9 cm³/mol. The molecule has 0 amide bonds. The molecule has 1 aromatic carbocycles. The number of hydrogen-bond acceptors (Lipinski definition) is 5. The molecule has 0 spiro atoms. The number of aromatic nitrogens is 4. The maximum Gasteiger partial charge on any atom is 2.00 e. The van der Waals surface area contributed by atoms with Gasteiger partial charge in [0.15, 0.2) is 17.8 Å². The maximum atomic E-state index is 10.3. The molecular weight excluding hydrogens is 356 g/mol. The quantitative estimate of drug-likeness (QED) is 0.323. The van der Waals surface area contributed by atoms with Crippen molar-refractivity contribution in [3.63, 3.8) is 0 Å². The Hall–Kier alpha value is -1.44. The van der Waals surface area contributed by atoms with Crippen molar-refractivity contribution in [2.75, 3.05) is 0 Å². The van der Waals surface area contributed by atoms with Crippen molar-refractivity contribution in [1.29, 1.82) is 0 Å². The third kappa shape index (κ3) is 8.11. The minimum Gasteiger partial charge on any atom is -1.00 e. The van der Waals surface area contributed by atoms with E-state index < -0.39 is 0 Å². The molecule has 3 aromatic rings. The van der Waals surface area contributed by atoms with Crippen LogP contribution in [-0.4, -0.2) is 49.3 Å². The van der Waals surface area contributed by atoms with Gasteiger partial charge in [0.2, 0.25) is 0 Å². The molecule has 2 aromatic heterocycles. The molecule has 0 N–H and O–H groups in total. The van der Waals surface area contributed by atoms with Gasteiger partial charge >= 0.3 is 23.1 Å². The van der Waals surface area contributed by atoms with Crippen LogP contribution in [0.15, 0.2) is 48.9 Å². The average molecular weight is 373 g/mol. The first-order chi connectivity index (χ1) is 10.3. The Kier molecular flexibility index (Phi) is 13.5. The fraction of sp³-hybridized carbons (Fsp3) is 0.133. The molecule has 5 nitrogen and oxygen atoms in total. The molecule has 0 radical (unpaired) electrons. The smallest absolute Gasteiger partial charge is 1.00 e. The fourth-order valence-corrected chi connectivity index (χ4v) is 1.14. The summed E-state index contributed by atoms with van der Waals surface area (Å²) in [6.45, 7) is 4.00. The van der Waals surface area contributed by atoms with Crippen LogP contribution in [0.25, 0.3) is 11.2 Å². The van der Waals surface area contributed by atoms with E-state index in [0.717, 1.165) is 0 Å². The van der Waals surface area contributed by atoms with Crippen molar-refractivity contribution in [3.05, 3.63) is 60.8 Å². The van der Waals surface area contributed by atoms with Gasteiger partial charge in [-0.05, 0) is 0 Å². The van der Waals surface area contributed by atoms with Gasteiger partial charge in [-0.1, -0.05) is 13.8 Å². The van der Waals surface area contributed by atoms with Gasteiger partial charge in [0.05, 0.1) is 7.57 Å². The molecule has 0 saturated heterocycles. The molecule has 0 fully saturated rings. The molecule has 3 rings (SSSR count). The van der Waals surface area contributed by atoms with Crippen LogP contribution in [0.4, 0.5) is 0 Å². The number of carbonyl (C=O) groups is 1. The zero-order chi connectivity index (χ0) is 15.5. The van der Waals surface area contributed by atoms with E-state index in [9.17, 15) is 4.79 Å². The number of rotatable bonds is 1. The second kappa shape index (κ2) is 14.5. The van der Waals surface area contributed by atoms with Gasteiger partial charge in [0, 0.05) is 12.4 Å². The van der Waals surface area contributed by atoms with Crippen LogP contribution in [0.5, 0.6) is 0 Å². The summed E-state index contributed by atoms with van der Waals surface area (Å²) in [6, 6.07) is 12.5. The second-order valence-corrected chi connectivity index (χ2v) is 3.13. The molecule has 0 unspecified atom stereocenters. The third-order valence-electron chi connectivity index (χ3n) is 1.91. The van der Waals surface area contributed by atoms with Crippen LogP contribution >= 0.6 is 0 Å². The normalized spacial score (nSPS) is 8.55. The Balaban J connectivity index is 0. The average Bonchev–Trinajstić information content (AvgIpc) is 2.58. The molecule has 110 valence electrons. The van der Waals surface area contributed by atoms with Crippen molar-refractivity contribution in [3.8, 4) is 0 Å². The number of benzene rings is 1. The SMILES string of the molecule is CC.[2H]c1cnc2cnc(C=O)nc2n1.[Br-].[Mg+2].[c-]1ccccc1. The van der Waals surface area contributed by atoms with Crippen molar-refractivity contribution < 1.29 is 23.1 Å². The minimum atomic E-state index is 0. The van der Waals surface area contributed by atoms with E-state index in [0.29, 0.717) is 11.8 Å². The zero-order valence-corrected chi connectivity index (χ0v) is 15.4. The van der Waals surface area contributed by atoms with Gasteiger partial charge in [-0.2, -0.15) is 36.4 Å². The number of fused-ring (bicyclic) bond motifs is 1.